The van der Waals surface area contributed by atoms with Gasteiger partial charge in [0.15, 0.2) is 27.0 Å². The van der Waals surface area contributed by atoms with Crippen LogP contribution in [0.15, 0.2) is 30.0 Å². The number of carboxylic acids is 1. The number of carbonyl (C=O) groups excluding carboxylic acids is 2. The highest BCUT2D eigenvalue weighted by Gasteiger charge is 2.58. The van der Waals surface area contributed by atoms with Crippen molar-refractivity contribution in [2.24, 2.45) is 0 Å². The molecule has 2 aliphatic heterocycles. The van der Waals surface area contributed by atoms with Gasteiger partial charge in [-0.3, -0.25) is 0 Å². The van der Waals surface area contributed by atoms with E-state index in [-0.39, 0.29) is 29.9 Å². The van der Waals surface area contributed by atoms with Crippen LogP contribution in [-0.4, -0.2) is 74.7 Å². The Morgan fingerprint density at radius 3 is 2.54 bits per heavy atom. The van der Waals surface area contributed by atoms with Gasteiger partial charge in [-0.25, -0.2) is 18.4 Å². The minimum absolute atomic E-state index is 0.0236. The van der Waals surface area contributed by atoms with Gasteiger partial charge < -0.3 is 24.3 Å². The molecule has 1 unspecified atom stereocenters. The summed E-state index contributed by atoms with van der Waals surface area (Å²) in [7, 11) is -3.38. The molecule has 1 aromatic heterocycles. The van der Waals surface area contributed by atoms with Gasteiger partial charge in [-0.2, -0.15) is 9.28 Å². The second-order valence-corrected chi connectivity index (χ2v) is 13.0. The van der Waals surface area contributed by atoms with E-state index in [1.807, 2.05) is 11.8 Å². The molecular weight excluding hydrogens is 524 g/mol. The molecule has 3 heterocycles. The molecule has 0 N–H and O–H groups in total. The largest absolute Gasteiger partial charge is 0.540 e. The van der Waals surface area contributed by atoms with Gasteiger partial charge in [0.25, 0.3) is 0 Å². The third-order valence-corrected chi connectivity index (χ3v) is 7.72. The summed E-state index contributed by atoms with van der Waals surface area (Å²) in [5.74, 6) is -0.883. The lowest BCUT2D eigenvalue weighted by Gasteiger charge is -2.43. The number of sulfone groups is 1. The zero-order chi connectivity index (χ0) is 28.8. The number of ether oxygens (including phenoxy) is 2. The lowest BCUT2D eigenvalue weighted by atomic mass is 9.99. The third-order valence-electron chi connectivity index (χ3n) is 6.90. The van der Waals surface area contributed by atoms with E-state index in [2.05, 4.69) is 4.98 Å². The van der Waals surface area contributed by atoms with Crippen LogP contribution in [0.5, 0.6) is 0 Å². The van der Waals surface area contributed by atoms with Crippen LogP contribution >= 0.6 is 0 Å². The van der Waals surface area contributed by atoms with Crippen molar-refractivity contribution >= 4 is 39.5 Å². The lowest BCUT2D eigenvalue weighted by molar-refractivity contribution is -0.301. The van der Waals surface area contributed by atoms with Crippen molar-refractivity contribution in [3.05, 3.63) is 41.2 Å². The summed E-state index contributed by atoms with van der Waals surface area (Å²) in [5, 5.41) is 12.3. The Labute approximate surface area is 228 Å². The first kappa shape index (κ1) is 28.7. The molecule has 1 amide bonds. The number of hydrogen-bond acceptors (Lipinski definition) is 10. The van der Waals surface area contributed by atoms with E-state index in [0.717, 1.165) is 6.26 Å². The molecule has 0 bridgehead atoms. The zero-order valence-electron chi connectivity index (χ0n) is 23.1. The van der Waals surface area contributed by atoms with Crippen LogP contribution in [0.3, 0.4) is 0 Å². The summed E-state index contributed by atoms with van der Waals surface area (Å²) in [6.07, 6.45) is 1.84. The number of carboxylic acid groups (broad SMARTS) is 1. The number of nitrogens with zero attached hydrogens (tertiary/aromatic N) is 4. The predicted octanol–water partition coefficient (Wildman–Crippen LogP) is 2.28. The molecule has 2 atom stereocenters. The standard InChI is InChI=1S/C27H34N4O7S/c1-7-38-26(34)31(27(3,4)5)21-9-8-18(12-19(21)13-22(31)25(32)33)24-28-20(16-39(6,35)36)14-23(29-24)30-10-11-37-15-17(30)2/h8-9,12-14,17H,7,10-11,15-16H2,1-6H3/t17-,31?/m0/s1. The fourth-order valence-electron chi connectivity index (χ4n) is 5.27. The summed E-state index contributed by atoms with van der Waals surface area (Å²) in [4.78, 5) is 37.1. The Morgan fingerprint density at radius 1 is 1.23 bits per heavy atom. The maximum atomic E-state index is 13.4. The number of morpholine rings is 1. The van der Waals surface area contributed by atoms with Gasteiger partial charge >= 0.3 is 6.09 Å². The van der Waals surface area contributed by atoms with Crippen LogP contribution in [0.1, 0.15) is 45.9 Å². The zero-order valence-corrected chi connectivity index (χ0v) is 23.9. The molecule has 39 heavy (non-hydrogen) atoms. The quantitative estimate of drug-likeness (QED) is 0.485. The van der Waals surface area contributed by atoms with Gasteiger partial charge in [-0.05, 0) is 46.8 Å². The number of aromatic nitrogens is 2. The number of quaternary nitrogens is 1. The molecule has 0 aliphatic carbocycles. The molecule has 12 heteroatoms. The number of benzene rings is 1. The molecule has 210 valence electrons. The highest BCUT2D eigenvalue weighted by molar-refractivity contribution is 7.89. The lowest BCUT2D eigenvalue weighted by Crippen LogP contribution is -2.66. The first-order valence-electron chi connectivity index (χ1n) is 12.7. The monoisotopic (exact) mass is 558 g/mol. The summed E-state index contributed by atoms with van der Waals surface area (Å²) >= 11 is 0. The average Bonchev–Trinajstić information content (AvgIpc) is 3.19. The summed E-state index contributed by atoms with van der Waals surface area (Å²) in [6, 6.07) is 6.78. The highest BCUT2D eigenvalue weighted by Crippen LogP contribution is 2.48. The minimum atomic E-state index is -3.38. The van der Waals surface area contributed by atoms with E-state index < -0.39 is 31.9 Å². The van der Waals surface area contributed by atoms with Gasteiger partial charge in [-0.15, -0.1) is 0 Å². The molecule has 0 radical (unpaired) electrons. The van der Waals surface area contributed by atoms with Crippen LogP contribution in [-0.2, 0) is 29.9 Å². The van der Waals surface area contributed by atoms with E-state index in [0.29, 0.717) is 48.1 Å². The maximum absolute atomic E-state index is 13.4. The minimum Gasteiger partial charge on any atom is -0.540 e. The topological polar surface area (TPSA) is 139 Å². The Kier molecular flexibility index (Phi) is 7.58. The van der Waals surface area contributed by atoms with Crippen molar-refractivity contribution in [1.29, 1.82) is 0 Å². The summed E-state index contributed by atoms with van der Waals surface area (Å²) in [5.41, 5.74) is 0.636. The van der Waals surface area contributed by atoms with Crippen molar-refractivity contribution in [2.45, 2.75) is 52.0 Å². The maximum Gasteiger partial charge on any atom is 0.526 e. The molecule has 0 saturated carbocycles. The van der Waals surface area contributed by atoms with Crippen molar-refractivity contribution < 1.29 is 32.6 Å². The molecule has 1 fully saturated rings. The molecule has 2 aliphatic rings. The normalized spacial score (nSPS) is 21.3. The SMILES string of the molecule is CCOC(=O)[N+]1(C(C)(C)C)C(C(=O)[O-])=Cc2cc(-c3nc(CS(C)(=O)=O)cc(N4CCOC[C@@H]4C)n3)ccc21. The molecule has 4 rings (SSSR count). The summed E-state index contributed by atoms with van der Waals surface area (Å²) in [6.45, 7) is 10.6. The van der Waals surface area contributed by atoms with E-state index in [4.69, 9.17) is 14.5 Å². The van der Waals surface area contributed by atoms with Crippen molar-refractivity contribution in [2.75, 3.05) is 37.5 Å². The Morgan fingerprint density at radius 2 is 1.95 bits per heavy atom. The molecule has 2 aromatic rings. The molecule has 1 aromatic carbocycles. The fourth-order valence-corrected chi connectivity index (χ4v) is 5.95. The van der Waals surface area contributed by atoms with Crippen molar-refractivity contribution in [1.82, 2.24) is 14.5 Å². The molecular formula is C27H34N4O7S. The van der Waals surface area contributed by atoms with Gasteiger partial charge in [0.2, 0.25) is 0 Å². The second-order valence-electron chi connectivity index (χ2n) is 10.9. The first-order chi connectivity index (χ1) is 18.2. The van der Waals surface area contributed by atoms with Gasteiger partial charge in [-0.1, -0.05) is 0 Å². The number of amides is 1. The van der Waals surface area contributed by atoms with Crippen molar-refractivity contribution in [3.63, 3.8) is 0 Å². The fraction of sp³-hybridized carbons (Fsp3) is 0.481. The first-order valence-corrected chi connectivity index (χ1v) is 14.8. The number of fused-ring (bicyclic) bond motifs is 1. The van der Waals surface area contributed by atoms with Crippen LogP contribution in [0.2, 0.25) is 0 Å². The van der Waals surface area contributed by atoms with Crippen LogP contribution in [0.25, 0.3) is 17.5 Å². The molecule has 0 spiro atoms. The van der Waals surface area contributed by atoms with E-state index >= 15 is 0 Å². The van der Waals surface area contributed by atoms with E-state index in [1.165, 1.54) is 6.08 Å². The van der Waals surface area contributed by atoms with Crippen molar-refractivity contribution in [3.8, 4) is 11.4 Å². The van der Waals surface area contributed by atoms with Gasteiger partial charge in [0.05, 0.1) is 37.3 Å². The van der Waals surface area contributed by atoms with Crippen LogP contribution in [0.4, 0.5) is 16.3 Å². The predicted molar refractivity (Wildman–Crippen MR) is 145 cm³/mol. The highest BCUT2D eigenvalue weighted by atomic mass is 32.2. The molecule has 11 nitrogen and oxygen atoms in total. The van der Waals surface area contributed by atoms with Crippen LogP contribution in [0, 0.1) is 0 Å². The summed E-state index contributed by atoms with van der Waals surface area (Å²) < 4.78 is 34.5. The number of hydrogen-bond donors (Lipinski definition) is 0. The number of anilines is 1. The van der Waals surface area contributed by atoms with Gasteiger partial charge in [0.1, 0.15) is 17.3 Å². The van der Waals surface area contributed by atoms with Crippen LogP contribution < -0.4 is 14.5 Å². The van der Waals surface area contributed by atoms with E-state index in [9.17, 15) is 23.1 Å². The van der Waals surface area contributed by atoms with Gasteiger partial charge in [0, 0.05) is 42.1 Å². The Balaban J connectivity index is 1.90. The second kappa shape index (κ2) is 10.3. The number of rotatable bonds is 6. The molecule has 1 saturated heterocycles. The smallest absolute Gasteiger partial charge is 0.526 e. The average molecular weight is 559 g/mol. The Bertz CT molecular complexity index is 1450. The third kappa shape index (κ3) is 5.28. The number of carbonyl (C=O) groups is 2. The Hall–Kier alpha value is -3.35. The van der Waals surface area contributed by atoms with E-state index in [1.54, 1.807) is 52.0 Å². The number of aliphatic carboxylic acids is 1.